The molecule has 9 nitrogen and oxygen atoms in total. The van der Waals surface area contributed by atoms with Crippen LogP contribution in [0, 0.1) is 0 Å². The highest BCUT2D eigenvalue weighted by Crippen LogP contribution is 2.19. The lowest BCUT2D eigenvalue weighted by molar-refractivity contribution is 0.0616. The minimum Gasteiger partial charge on any atom is -0.497 e. The van der Waals surface area contributed by atoms with E-state index in [0.29, 0.717) is 44.0 Å². The van der Waals surface area contributed by atoms with Crippen molar-refractivity contribution in [2.75, 3.05) is 33.3 Å². The Hall–Kier alpha value is -3.20. The van der Waals surface area contributed by atoms with Crippen molar-refractivity contribution in [1.29, 1.82) is 0 Å². The third kappa shape index (κ3) is 3.54. The molecule has 1 saturated heterocycles. The Balaban J connectivity index is 1.43. The molecular weight excluding hydrogens is 348 g/mol. The number of hydrogen-bond donors (Lipinski definition) is 2. The normalized spacial score (nSPS) is 15.2. The van der Waals surface area contributed by atoms with E-state index in [0.717, 1.165) is 10.9 Å². The molecule has 3 heterocycles. The fourth-order valence-corrected chi connectivity index (χ4v) is 3.28. The predicted octanol–water partition coefficient (Wildman–Crippen LogP) is 0.613. The third-order valence-corrected chi connectivity index (χ3v) is 4.80. The molecule has 27 heavy (non-hydrogen) atoms. The smallest absolute Gasteiger partial charge is 0.291 e. The van der Waals surface area contributed by atoms with Gasteiger partial charge in [-0.2, -0.15) is 5.10 Å². The minimum absolute atomic E-state index is 0.101. The molecule has 1 aliphatic rings. The third-order valence-electron chi connectivity index (χ3n) is 4.80. The van der Waals surface area contributed by atoms with Crippen LogP contribution in [0.1, 0.15) is 16.2 Å². The van der Waals surface area contributed by atoms with Crippen molar-refractivity contribution in [2.24, 2.45) is 0 Å². The Kier molecular flexibility index (Phi) is 4.59. The molecule has 0 saturated carbocycles. The molecule has 0 bridgehead atoms. The van der Waals surface area contributed by atoms with Gasteiger partial charge in [-0.1, -0.05) is 0 Å². The Morgan fingerprint density at radius 3 is 2.74 bits per heavy atom. The summed E-state index contributed by atoms with van der Waals surface area (Å²) in [6, 6.07) is 7.54. The Morgan fingerprint density at radius 2 is 2.04 bits per heavy atom. The number of piperazine rings is 1. The molecule has 0 aliphatic carbocycles. The average Bonchev–Trinajstić information content (AvgIpc) is 3.23. The van der Waals surface area contributed by atoms with E-state index in [4.69, 9.17) is 4.74 Å². The maximum Gasteiger partial charge on any atom is 0.291 e. The number of fused-ring (bicyclic) bond motifs is 1. The molecule has 140 valence electrons. The number of benzene rings is 1. The van der Waals surface area contributed by atoms with Crippen molar-refractivity contribution < 1.29 is 9.53 Å². The van der Waals surface area contributed by atoms with Crippen LogP contribution in [0.3, 0.4) is 0 Å². The van der Waals surface area contributed by atoms with Gasteiger partial charge in [0.1, 0.15) is 12.1 Å². The highest BCUT2D eigenvalue weighted by atomic mass is 16.5. The summed E-state index contributed by atoms with van der Waals surface area (Å²) in [5.74, 6) is 0.813. The second-order valence-electron chi connectivity index (χ2n) is 6.48. The van der Waals surface area contributed by atoms with Crippen molar-refractivity contribution in [3.63, 3.8) is 0 Å². The highest BCUT2D eigenvalue weighted by Gasteiger charge is 2.24. The molecule has 0 radical (unpaired) electrons. The molecule has 0 unspecified atom stereocenters. The zero-order chi connectivity index (χ0) is 18.8. The van der Waals surface area contributed by atoms with Gasteiger partial charge in [-0.25, -0.2) is 4.98 Å². The quantitative estimate of drug-likeness (QED) is 0.699. The maximum absolute atomic E-state index is 12.4. The number of ether oxygens (including phenoxy) is 1. The molecule has 0 atom stereocenters. The number of nitrogens with zero attached hydrogens (tertiary/aromatic N) is 4. The summed E-state index contributed by atoms with van der Waals surface area (Å²) in [5, 5.41) is 7.27. The van der Waals surface area contributed by atoms with Crippen molar-refractivity contribution in [3.8, 4) is 5.75 Å². The molecule has 1 fully saturated rings. The molecule has 0 spiro atoms. The summed E-state index contributed by atoms with van der Waals surface area (Å²) >= 11 is 0. The number of aromatic amines is 2. The molecule has 1 aliphatic heterocycles. The number of amides is 1. The van der Waals surface area contributed by atoms with Gasteiger partial charge in [-0.15, -0.1) is 0 Å². The van der Waals surface area contributed by atoms with Gasteiger partial charge in [-0.3, -0.25) is 19.6 Å². The van der Waals surface area contributed by atoms with Crippen molar-refractivity contribution in [1.82, 2.24) is 30.0 Å². The van der Waals surface area contributed by atoms with E-state index in [9.17, 15) is 9.59 Å². The first kappa shape index (κ1) is 17.2. The van der Waals surface area contributed by atoms with Crippen LogP contribution in [-0.4, -0.2) is 69.2 Å². The SMILES string of the molecule is COc1ccc2cc(CN3CCN(C(=O)c4ncn[nH]4)CC3)c(=O)[nH]c2c1. The molecular formula is C18H20N6O3. The summed E-state index contributed by atoms with van der Waals surface area (Å²) in [7, 11) is 1.60. The van der Waals surface area contributed by atoms with Gasteiger partial charge in [0.2, 0.25) is 5.82 Å². The first-order chi connectivity index (χ1) is 13.1. The second-order valence-corrected chi connectivity index (χ2v) is 6.48. The number of pyridine rings is 1. The lowest BCUT2D eigenvalue weighted by Gasteiger charge is -2.34. The molecule has 9 heteroatoms. The van der Waals surface area contributed by atoms with Crippen LogP contribution in [0.25, 0.3) is 10.9 Å². The Morgan fingerprint density at radius 1 is 1.22 bits per heavy atom. The standard InChI is InChI=1S/C18H20N6O3/c1-27-14-3-2-12-8-13(17(25)21-15(12)9-14)10-23-4-6-24(7-5-23)18(26)16-19-11-20-22-16/h2-3,8-9,11H,4-7,10H2,1H3,(H,21,25)(H,19,20,22). The maximum atomic E-state index is 12.4. The number of carbonyl (C=O) groups excluding carboxylic acids is 1. The lowest BCUT2D eigenvalue weighted by atomic mass is 10.1. The number of carbonyl (C=O) groups is 1. The highest BCUT2D eigenvalue weighted by molar-refractivity contribution is 5.90. The predicted molar refractivity (Wildman–Crippen MR) is 98.7 cm³/mol. The molecule has 3 aromatic rings. The van der Waals surface area contributed by atoms with E-state index in [2.05, 4.69) is 25.1 Å². The van der Waals surface area contributed by atoms with Crippen LogP contribution in [0.15, 0.2) is 35.4 Å². The fourth-order valence-electron chi connectivity index (χ4n) is 3.28. The topological polar surface area (TPSA) is 107 Å². The summed E-state index contributed by atoms with van der Waals surface area (Å²) in [4.78, 5) is 35.5. The van der Waals surface area contributed by atoms with E-state index < -0.39 is 0 Å². The summed E-state index contributed by atoms with van der Waals surface area (Å²) in [6.07, 6.45) is 1.32. The van der Waals surface area contributed by atoms with Gasteiger partial charge in [0.15, 0.2) is 0 Å². The lowest BCUT2D eigenvalue weighted by Crippen LogP contribution is -2.48. The van der Waals surface area contributed by atoms with Crippen LogP contribution in [0.4, 0.5) is 0 Å². The zero-order valence-electron chi connectivity index (χ0n) is 14.9. The summed E-state index contributed by atoms with van der Waals surface area (Å²) in [5.41, 5.74) is 1.36. The monoisotopic (exact) mass is 368 g/mol. The van der Waals surface area contributed by atoms with Gasteiger partial charge in [-0.05, 0) is 23.6 Å². The van der Waals surface area contributed by atoms with Gasteiger partial charge < -0.3 is 14.6 Å². The molecule has 1 aromatic carbocycles. The second kappa shape index (κ2) is 7.20. The van der Waals surface area contributed by atoms with Crippen LogP contribution >= 0.6 is 0 Å². The number of methoxy groups -OCH3 is 1. The molecule has 2 N–H and O–H groups in total. The Labute approximate surface area is 155 Å². The number of hydrogen-bond acceptors (Lipinski definition) is 6. The summed E-state index contributed by atoms with van der Waals surface area (Å²) < 4.78 is 5.20. The first-order valence-electron chi connectivity index (χ1n) is 8.71. The number of H-pyrrole nitrogens is 2. The van der Waals surface area contributed by atoms with Crippen LogP contribution in [0.5, 0.6) is 5.75 Å². The zero-order valence-corrected chi connectivity index (χ0v) is 14.9. The van der Waals surface area contributed by atoms with Crippen molar-refractivity contribution >= 4 is 16.8 Å². The average molecular weight is 368 g/mol. The molecule has 1 amide bonds. The van der Waals surface area contributed by atoms with Gasteiger partial charge in [0, 0.05) is 44.4 Å². The van der Waals surface area contributed by atoms with Gasteiger partial charge in [0.05, 0.1) is 12.6 Å². The van der Waals surface area contributed by atoms with Gasteiger partial charge in [0.25, 0.3) is 11.5 Å². The van der Waals surface area contributed by atoms with Crippen molar-refractivity contribution in [3.05, 3.63) is 52.3 Å². The van der Waals surface area contributed by atoms with Crippen LogP contribution in [0.2, 0.25) is 0 Å². The number of nitrogens with one attached hydrogen (secondary N) is 2. The Bertz CT molecular complexity index is 1010. The van der Waals surface area contributed by atoms with Gasteiger partial charge >= 0.3 is 0 Å². The minimum atomic E-state index is -0.148. The first-order valence-corrected chi connectivity index (χ1v) is 8.71. The van der Waals surface area contributed by atoms with Crippen molar-refractivity contribution in [2.45, 2.75) is 6.54 Å². The van der Waals surface area contributed by atoms with Crippen LogP contribution in [-0.2, 0) is 6.54 Å². The van der Waals surface area contributed by atoms with E-state index in [-0.39, 0.29) is 17.3 Å². The van der Waals surface area contributed by atoms with E-state index >= 15 is 0 Å². The number of rotatable bonds is 4. The van der Waals surface area contributed by atoms with Crippen LogP contribution < -0.4 is 10.3 Å². The fraction of sp³-hybridized carbons (Fsp3) is 0.333. The van der Waals surface area contributed by atoms with E-state index in [1.807, 2.05) is 24.3 Å². The summed E-state index contributed by atoms with van der Waals surface area (Å²) in [6.45, 7) is 3.10. The van der Waals surface area contributed by atoms with E-state index in [1.165, 1.54) is 6.33 Å². The largest absolute Gasteiger partial charge is 0.497 e. The number of aromatic nitrogens is 4. The van der Waals surface area contributed by atoms with E-state index in [1.54, 1.807) is 12.0 Å². The molecule has 4 rings (SSSR count). The molecule has 2 aromatic heterocycles.